The van der Waals surface area contributed by atoms with Crippen molar-refractivity contribution < 1.29 is 9.90 Å². The average Bonchev–Trinajstić information content (AvgIpc) is 3.02. The normalized spacial score (nSPS) is 16.2. The van der Waals surface area contributed by atoms with Crippen molar-refractivity contribution in [2.24, 2.45) is 0 Å². The Morgan fingerprint density at radius 3 is 2.22 bits per heavy atom. The van der Waals surface area contributed by atoms with Gasteiger partial charge in [-0.25, -0.2) is 0 Å². The summed E-state index contributed by atoms with van der Waals surface area (Å²) in [5.74, 6) is -0.0298. The molecule has 2 N–H and O–H groups in total. The highest BCUT2D eigenvalue weighted by Crippen LogP contribution is 2.28. The first-order valence-electron chi connectivity index (χ1n) is 8.28. The minimum atomic E-state index is -0.688. The van der Waals surface area contributed by atoms with E-state index in [1.807, 2.05) is 42.5 Å². The molecule has 1 amide bonds. The summed E-state index contributed by atoms with van der Waals surface area (Å²) in [4.78, 5) is 12.0. The maximum Gasteiger partial charge on any atom is 0.224 e. The Morgan fingerprint density at radius 2 is 1.57 bits per heavy atom. The number of carbonyl (C=O) groups excluding carboxylic acids is 1. The third-order valence-corrected chi connectivity index (χ3v) is 4.57. The summed E-state index contributed by atoms with van der Waals surface area (Å²) in [6, 6.07) is 18.3. The fraction of sp³-hybridized carbons (Fsp3) is 0.350. The van der Waals surface area contributed by atoms with E-state index in [1.165, 1.54) is 5.56 Å². The largest absolute Gasteiger partial charge is 0.388 e. The molecule has 1 aliphatic rings. The van der Waals surface area contributed by atoms with E-state index in [0.29, 0.717) is 13.0 Å². The number of aliphatic hydroxyl groups is 1. The van der Waals surface area contributed by atoms with Crippen molar-refractivity contribution in [3.63, 3.8) is 0 Å². The van der Waals surface area contributed by atoms with Crippen molar-refractivity contribution in [3.05, 3.63) is 60.2 Å². The lowest BCUT2D eigenvalue weighted by atomic mass is 10.0. The van der Waals surface area contributed by atoms with Gasteiger partial charge in [0.25, 0.3) is 0 Å². The van der Waals surface area contributed by atoms with E-state index in [2.05, 4.69) is 17.4 Å². The molecule has 3 nitrogen and oxygen atoms in total. The van der Waals surface area contributed by atoms with Crippen LogP contribution in [0.3, 0.4) is 0 Å². The molecular formula is C20H23NO2. The fourth-order valence-corrected chi connectivity index (χ4v) is 3.17. The fourth-order valence-electron chi connectivity index (χ4n) is 3.17. The van der Waals surface area contributed by atoms with Crippen LogP contribution in [-0.2, 0) is 11.2 Å². The summed E-state index contributed by atoms with van der Waals surface area (Å²) in [6.45, 7) is 0.369. The van der Waals surface area contributed by atoms with Crippen LogP contribution in [0.15, 0.2) is 54.6 Å². The number of benzene rings is 2. The molecule has 0 unspecified atom stereocenters. The Balaban J connectivity index is 1.54. The SMILES string of the molecule is O=C(Cc1ccc(-c2ccccc2)cc1)NCC1(O)CCCC1. The molecule has 0 saturated heterocycles. The molecule has 23 heavy (non-hydrogen) atoms. The molecule has 1 saturated carbocycles. The van der Waals surface area contributed by atoms with Gasteiger partial charge in [-0.1, -0.05) is 67.4 Å². The third kappa shape index (κ3) is 4.20. The van der Waals surface area contributed by atoms with Crippen molar-refractivity contribution in [2.45, 2.75) is 37.7 Å². The molecule has 0 atom stereocenters. The van der Waals surface area contributed by atoms with Crippen LogP contribution >= 0.6 is 0 Å². The summed E-state index contributed by atoms with van der Waals surface area (Å²) in [6.07, 6.45) is 4.03. The highest BCUT2D eigenvalue weighted by molar-refractivity contribution is 5.79. The highest BCUT2D eigenvalue weighted by atomic mass is 16.3. The van der Waals surface area contributed by atoms with E-state index in [1.54, 1.807) is 0 Å². The molecule has 0 radical (unpaired) electrons. The summed E-state index contributed by atoms with van der Waals surface area (Å²) in [5.41, 5.74) is 2.62. The summed E-state index contributed by atoms with van der Waals surface area (Å²) < 4.78 is 0. The van der Waals surface area contributed by atoms with E-state index in [-0.39, 0.29) is 5.91 Å². The summed E-state index contributed by atoms with van der Waals surface area (Å²) >= 11 is 0. The van der Waals surface area contributed by atoms with Crippen LogP contribution in [0, 0.1) is 0 Å². The topological polar surface area (TPSA) is 49.3 Å². The van der Waals surface area contributed by atoms with Crippen molar-refractivity contribution >= 4 is 5.91 Å². The van der Waals surface area contributed by atoms with Gasteiger partial charge in [-0.15, -0.1) is 0 Å². The van der Waals surface area contributed by atoms with Gasteiger partial charge in [-0.3, -0.25) is 4.79 Å². The van der Waals surface area contributed by atoms with E-state index < -0.39 is 5.60 Å². The second-order valence-corrected chi connectivity index (χ2v) is 6.45. The Bertz CT molecular complexity index is 643. The number of rotatable bonds is 5. The van der Waals surface area contributed by atoms with Crippen molar-refractivity contribution in [2.75, 3.05) is 6.54 Å². The van der Waals surface area contributed by atoms with Crippen LogP contribution in [0.5, 0.6) is 0 Å². The maximum atomic E-state index is 12.0. The van der Waals surface area contributed by atoms with Crippen LogP contribution in [0.2, 0.25) is 0 Å². The summed E-state index contributed by atoms with van der Waals surface area (Å²) in [5, 5.41) is 13.1. The molecule has 0 aliphatic heterocycles. The molecule has 0 bridgehead atoms. The van der Waals surface area contributed by atoms with Crippen LogP contribution in [0.25, 0.3) is 11.1 Å². The Hall–Kier alpha value is -2.13. The summed E-state index contributed by atoms with van der Waals surface area (Å²) in [7, 11) is 0. The second kappa shape index (κ2) is 6.97. The Kier molecular flexibility index (Phi) is 4.77. The second-order valence-electron chi connectivity index (χ2n) is 6.45. The van der Waals surface area contributed by atoms with Gasteiger partial charge in [0.15, 0.2) is 0 Å². The molecule has 0 heterocycles. The minimum Gasteiger partial charge on any atom is -0.388 e. The first-order chi connectivity index (χ1) is 11.1. The van der Waals surface area contributed by atoms with Crippen molar-refractivity contribution in [3.8, 4) is 11.1 Å². The molecule has 2 aromatic carbocycles. The lowest BCUT2D eigenvalue weighted by Gasteiger charge is -2.22. The first-order valence-corrected chi connectivity index (χ1v) is 8.28. The highest BCUT2D eigenvalue weighted by Gasteiger charge is 2.31. The van der Waals surface area contributed by atoms with Crippen LogP contribution in [-0.4, -0.2) is 23.2 Å². The molecule has 120 valence electrons. The van der Waals surface area contributed by atoms with Gasteiger partial charge in [0, 0.05) is 6.54 Å². The van der Waals surface area contributed by atoms with Gasteiger partial charge in [0.1, 0.15) is 0 Å². The molecule has 2 aromatic rings. The standard InChI is InChI=1S/C20H23NO2/c22-19(21-15-20(23)12-4-5-13-20)14-16-8-10-18(11-9-16)17-6-2-1-3-7-17/h1-3,6-11,23H,4-5,12-15H2,(H,21,22). The molecule has 0 aromatic heterocycles. The van der Waals surface area contributed by atoms with Gasteiger partial charge in [-0.2, -0.15) is 0 Å². The van der Waals surface area contributed by atoms with E-state index >= 15 is 0 Å². The number of carbonyl (C=O) groups is 1. The smallest absolute Gasteiger partial charge is 0.224 e. The Morgan fingerprint density at radius 1 is 0.957 bits per heavy atom. The lowest BCUT2D eigenvalue weighted by Crippen LogP contribution is -2.41. The van der Waals surface area contributed by atoms with Gasteiger partial charge in [0.05, 0.1) is 12.0 Å². The zero-order valence-electron chi connectivity index (χ0n) is 13.3. The average molecular weight is 309 g/mol. The molecule has 3 heteroatoms. The van der Waals surface area contributed by atoms with E-state index in [9.17, 15) is 9.90 Å². The Labute approximate surface area is 137 Å². The zero-order chi connectivity index (χ0) is 16.1. The molecule has 1 fully saturated rings. The van der Waals surface area contributed by atoms with E-state index in [0.717, 1.165) is 36.8 Å². The molecule has 3 rings (SSSR count). The van der Waals surface area contributed by atoms with Crippen LogP contribution in [0.4, 0.5) is 0 Å². The quantitative estimate of drug-likeness (QED) is 0.890. The van der Waals surface area contributed by atoms with Crippen molar-refractivity contribution in [1.82, 2.24) is 5.32 Å². The lowest BCUT2D eigenvalue weighted by molar-refractivity contribution is -0.121. The first kappa shape index (κ1) is 15.8. The van der Waals surface area contributed by atoms with Crippen LogP contribution < -0.4 is 5.32 Å². The van der Waals surface area contributed by atoms with E-state index in [4.69, 9.17) is 0 Å². The molecule has 0 spiro atoms. The van der Waals surface area contributed by atoms with Gasteiger partial charge < -0.3 is 10.4 Å². The molecule has 1 aliphatic carbocycles. The van der Waals surface area contributed by atoms with Gasteiger partial charge >= 0.3 is 0 Å². The number of hydrogen-bond acceptors (Lipinski definition) is 2. The third-order valence-electron chi connectivity index (χ3n) is 4.57. The number of nitrogens with one attached hydrogen (secondary N) is 1. The predicted molar refractivity (Wildman–Crippen MR) is 92.0 cm³/mol. The van der Waals surface area contributed by atoms with Gasteiger partial charge in [0.2, 0.25) is 5.91 Å². The van der Waals surface area contributed by atoms with Gasteiger partial charge in [-0.05, 0) is 29.5 Å². The maximum absolute atomic E-state index is 12.0. The predicted octanol–water partition coefficient (Wildman–Crippen LogP) is 3.32. The van der Waals surface area contributed by atoms with Crippen molar-refractivity contribution in [1.29, 1.82) is 0 Å². The number of amides is 1. The zero-order valence-corrected chi connectivity index (χ0v) is 13.3. The minimum absolute atomic E-state index is 0.0298. The molecular weight excluding hydrogens is 286 g/mol. The number of hydrogen-bond donors (Lipinski definition) is 2. The van der Waals surface area contributed by atoms with Crippen LogP contribution in [0.1, 0.15) is 31.2 Å². The monoisotopic (exact) mass is 309 g/mol.